The Bertz CT molecular complexity index is 455. The quantitative estimate of drug-likeness (QED) is 0.877. The lowest BCUT2D eigenvalue weighted by Crippen LogP contribution is -2.17. The summed E-state index contributed by atoms with van der Waals surface area (Å²) in [5.74, 6) is 0. The summed E-state index contributed by atoms with van der Waals surface area (Å²) in [5.41, 5.74) is 6.90. The van der Waals surface area contributed by atoms with Crippen LogP contribution in [0.5, 0.6) is 0 Å². The summed E-state index contributed by atoms with van der Waals surface area (Å²) in [6, 6.07) is 12.3. The molecule has 0 radical (unpaired) electrons. The van der Waals surface area contributed by atoms with Gasteiger partial charge >= 0.3 is 0 Å². The van der Waals surface area contributed by atoms with Crippen LogP contribution >= 0.6 is 27.3 Å². The standard InChI is InChI=1S/C14H16BrNOS/c15-12-5-3-11(4-6-12)14(10-16)17-8-7-13-2-1-9-18-13/h1-6,9,14H,7-8,10,16H2. The Morgan fingerprint density at radius 3 is 2.61 bits per heavy atom. The van der Waals surface area contributed by atoms with Gasteiger partial charge in [-0.15, -0.1) is 11.3 Å². The molecular weight excluding hydrogens is 310 g/mol. The second-order valence-corrected chi connectivity index (χ2v) is 5.92. The predicted molar refractivity (Wildman–Crippen MR) is 79.9 cm³/mol. The molecule has 1 heterocycles. The third kappa shape index (κ3) is 3.92. The molecule has 0 aliphatic heterocycles. The lowest BCUT2D eigenvalue weighted by Gasteiger charge is -2.16. The molecule has 0 aliphatic carbocycles. The van der Waals surface area contributed by atoms with Crippen molar-refractivity contribution in [2.24, 2.45) is 5.73 Å². The maximum absolute atomic E-state index is 5.86. The zero-order chi connectivity index (χ0) is 12.8. The van der Waals surface area contributed by atoms with E-state index in [9.17, 15) is 0 Å². The van der Waals surface area contributed by atoms with E-state index in [-0.39, 0.29) is 6.10 Å². The average Bonchev–Trinajstić information content (AvgIpc) is 2.89. The van der Waals surface area contributed by atoms with Gasteiger partial charge in [-0.1, -0.05) is 34.1 Å². The Kier molecular flexibility index (Phi) is 5.38. The van der Waals surface area contributed by atoms with Crippen molar-refractivity contribution in [3.63, 3.8) is 0 Å². The normalized spacial score (nSPS) is 12.6. The highest BCUT2D eigenvalue weighted by atomic mass is 79.9. The molecule has 2 N–H and O–H groups in total. The molecule has 2 rings (SSSR count). The van der Waals surface area contributed by atoms with Crippen LogP contribution in [0.4, 0.5) is 0 Å². The number of rotatable bonds is 6. The maximum atomic E-state index is 5.86. The number of hydrogen-bond acceptors (Lipinski definition) is 3. The molecule has 0 amide bonds. The Morgan fingerprint density at radius 2 is 2.00 bits per heavy atom. The third-order valence-electron chi connectivity index (χ3n) is 2.70. The third-order valence-corrected chi connectivity index (χ3v) is 4.17. The minimum atomic E-state index is -0.0157. The van der Waals surface area contributed by atoms with Crippen LogP contribution in [0.25, 0.3) is 0 Å². The molecule has 2 aromatic rings. The van der Waals surface area contributed by atoms with E-state index < -0.39 is 0 Å². The smallest absolute Gasteiger partial charge is 0.0947 e. The Morgan fingerprint density at radius 1 is 1.22 bits per heavy atom. The Hall–Kier alpha value is -0.680. The molecule has 0 saturated carbocycles. The Balaban J connectivity index is 1.87. The first-order valence-electron chi connectivity index (χ1n) is 5.89. The van der Waals surface area contributed by atoms with E-state index in [1.807, 2.05) is 24.3 Å². The molecule has 4 heteroatoms. The summed E-state index contributed by atoms with van der Waals surface area (Å²) in [7, 11) is 0. The second-order valence-electron chi connectivity index (χ2n) is 3.98. The van der Waals surface area contributed by atoms with Crippen molar-refractivity contribution in [1.82, 2.24) is 0 Å². The molecule has 1 aromatic heterocycles. The van der Waals surface area contributed by atoms with Gasteiger partial charge in [0.05, 0.1) is 12.7 Å². The fourth-order valence-corrected chi connectivity index (χ4v) is 2.69. The molecule has 96 valence electrons. The van der Waals surface area contributed by atoms with Crippen LogP contribution in [-0.2, 0) is 11.2 Å². The monoisotopic (exact) mass is 325 g/mol. The zero-order valence-electron chi connectivity index (χ0n) is 10.0. The SMILES string of the molecule is NCC(OCCc1cccs1)c1ccc(Br)cc1. The molecule has 1 aromatic carbocycles. The highest BCUT2D eigenvalue weighted by molar-refractivity contribution is 9.10. The molecule has 18 heavy (non-hydrogen) atoms. The van der Waals surface area contributed by atoms with Crippen LogP contribution in [0.15, 0.2) is 46.3 Å². The van der Waals surface area contributed by atoms with Gasteiger partial charge in [0.1, 0.15) is 0 Å². The highest BCUT2D eigenvalue weighted by Gasteiger charge is 2.09. The van der Waals surface area contributed by atoms with Crippen LogP contribution in [0, 0.1) is 0 Å². The van der Waals surface area contributed by atoms with Gasteiger partial charge in [0.25, 0.3) is 0 Å². The minimum absolute atomic E-state index is 0.0157. The van der Waals surface area contributed by atoms with Crippen molar-refractivity contribution in [1.29, 1.82) is 0 Å². The van der Waals surface area contributed by atoms with Gasteiger partial charge in [-0.3, -0.25) is 0 Å². The molecule has 1 atom stereocenters. The van der Waals surface area contributed by atoms with E-state index in [2.05, 4.69) is 33.4 Å². The van der Waals surface area contributed by atoms with E-state index in [0.29, 0.717) is 13.2 Å². The first kappa shape index (κ1) is 13.7. The number of nitrogens with two attached hydrogens (primary N) is 1. The van der Waals surface area contributed by atoms with Gasteiger partial charge in [0.2, 0.25) is 0 Å². The van der Waals surface area contributed by atoms with Gasteiger partial charge < -0.3 is 10.5 Å². The lowest BCUT2D eigenvalue weighted by atomic mass is 10.1. The zero-order valence-corrected chi connectivity index (χ0v) is 12.4. The Labute approximate surface area is 120 Å². The topological polar surface area (TPSA) is 35.2 Å². The fourth-order valence-electron chi connectivity index (χ4n) is 1.73. The van der Waals surface area contributed by atoms with E-state index in [1.54, 1.807) is 11.3 Å². The summed E-state index contributed by atoms with van der Waals surface area (Å²) in [6.07, 6.45) is 0.933. The van der Waals surface area contributed by atoms with Crippen LogP contribution < -0.4 is 5.73 Å². The van der Waals surface area contributed by atoms with E-state index in [0.717, 1.165) is 16.5 Å². The number of ether oxygens (including phenoxy) is 1. The van der Waals surface area contributed by atoms with Crippen LogP contribution in [0.2, 0.25) is 0 Å². The van der Waals surface area contributed by atoms with Crippen molar-refractivity contribution in [2.45, 2.75) is 12.5 Å². The first-order chi connectivity index (χ1) is 8.79. The van der Waals surface area contributed by atoms with Crippen LogP contribution in [0.3, 0.4) is 0 Å². The van der Waals surface area contributed by atoms with Gasteiger partial charge in [-0.25, -0.2) is 0 Å². The second kappa shape index (κ2) is 7.04. The van der Waals surface area contributed by atoms with Crippen molar-refractivity contribution < 1.29 is 4.74 Å². The average molecular weight is 326 g/mol. The van der Waals surface area contributed by atoms with Gasteiger partial charge in [0.15, 0.2) is 0 Å². The fraction of sp³-hybridized carbons (Fsp3) is 0.286. The van der Waals surface area contributed by atoms with Gasteiger partial charge in [-0.05, 0) is 29.1 Å². The van der Waals surface area contributed by atoms with Crippen molar-refractivity contribution in [3.05, 3.63) is 56.7 Å². The van der Waals surface area contributed by atoms with Gasteiger partial charge in [0, 0.05) is 22.3 Å². The van der Waals surface area contributed by atoms with Crippen LogP contribution in [0.1, 0.15) is 16.5 Å². The number of hydrogen-bond donors (Lipinski definition) is 1. The maximum Gasteiger partial charge on any atom is 0.0947 e. The first-order valence-corrected chi connectivity index (χ1v) is 7.56. The number of benzene rings is 1. The van der Waals surface area contributed by atoms with E-state index in [4.69, 9.17) is 10.5 Å². The molecule has 2 nitrogen and oxygen atoms in total. The van der Waals surface area contributed by atoms with Crippen LogP contribution in [-0.4, -0.2) is 13.2 Å². The van der Waals surface area contributed by atoms with Crippen molar-refractivity contribution in [3.8, 4) is 0 Å². The highest BCUT2D eigenvalue weighted by Crippen LogP contribution is 2.20. The van der Waals surface area contributed by atoms with Crippen molar-refractivity contribution >= 4 is 27.3 Å². The molecule has 1 unspecified atom stereocenters. The summed E-state index contributed by atoms with van der Waals surface area (Å²) < 4.78 is 6.93. The lowest BCUT2D eigenvalue weighted by molar-refractivity contribution is 0.0612. The van der Waals surface area contributed by atoms with Gasteiger partial charge in [-0.2, -0.15) is 0 Å². The molecule has 0 saturated heterocycles. The summed E-state index contributed by atoms with van der Waals surface area (Å²) in [6.45, 7) is 1.21. The molecule has 0 spiro atoms. The summed E-state index contributed by atoms with van der Waals surface area (Å²) in [4.78, 5) is 1.35. The largest absolute Gasteiger partial charge is 0.372 e. The minimum Gasteiger partial charge on any atom is -0.372 e. The van der Waals surface area contributed by atoms with E-state index in [1.165, 1.54) is 4.88 Å². The number of halogens is 1. The summed E-state index contributed by atoms with van der Waals surface area (Å²) >= 11 is 5.19. The molecular formula is C14H16BrNOS. The molecule has 0 aliphatic rings. The molecule has 0 bridgehead atoms. The molecule has 0 fully saturated rings. The van der Waals surface area contributed by atoms with E-state index >= 15 is 0 Å². The number of thiophene rings is 1. The summed E-state index contributed by atoms with van der Waals surface area (Å²) in [5, 5.41) is 2.09. The predicted octanol–water partition coefficient (Wildman–Crippen LogP) is 3.77. The van der Waals surface area contributed by atoms with Crippen molar-refractivity contribution in [2.75, 3.05) is 13.2 Å².